The molecule has 1 unspecified atom stereocenters. The zero-order chi connectivity index (χ0) is 12.4. The van der Waals surface area contributed by atoms with Gasteiger partial charge in [0.1, 0.15) is 6.10 Å². The number of aryl methyl sites for hydroxylation is 1. The summed E-state index contributed by atoms with van der Waals surface area (Å²) >= 11 is 0. The molecule has 0 bridgehead atoms. The summed E-state index contributed by atoms with van der Waals surface area (Å²) in [6.45, 7) is 1.90. The Labute approximate surface area is 97.3 Å². The highest BCUT2D eigenvalue weighted by Gasteiger charge is 2.16. The third-order valence-corrected chi connectivity index (χ3v) is 2.47. The number of hydrogen-bond donors (Lipinski definition) is 1. The average molecular weight is 238 g/mol. The molecular formula is C12H12F2N2O. The van der Waals surface area contributed by atoms with E-state index >= 15 is 0 Å². The van der Waals surface area contributed by atoms with Crippen LogP contribution in [0.15, 0.2) is 30.5 Å². The van der Waals surface area contributed by atoms with Crippen LogP contribution < -0.4 is 0 Å². The first kappa shape index (κ1) is 11.7. The van der Waals surface area contributed by atoms with E-state index in [1.807, 2.05) is 6.92 Å². The molecule has 1 N–H and O–H groups in total. The molecule has 0 aliphatic heterocycles. The maximum atomic E-state index is 13.4. The molecule has 0 saturated carbocycles. The molecule has 0 saturated heterocycles. The van der Waals surface area contributed by atoms with Crippen molar-refractivity contribution < 1.29 is 13.9 Å². The number of aliphatic hydroxyl groups excluding tert-OH is 1. The number of halogens is 2. The van der Waals surface area contributed by atoms with Crippen molar-refractivity contribution in [3.05, 3.63) is 53.4 Å². The number of benzene rings is 1. The van der Waals surface area contributed by atoms with Crippen molar-refractivity contribution >= 4 is 0 Å². The fourth-order valence-corrected chi connectivity index (χ4v) is 1.62. The molecule has 1 aromatic carbocycles. The van der Waals surface area contributed by atoms with Gasteiger partial charge in [-0.1, -0.05) is 12.1 Å². The second-order valence-electron chi connectivity index (χ2n) is 3.84. The van der Waals surface area contributed by atoms with Crippen molar-refractivity contribution in [2.75, 3.05) is 0 Å². The molecule has 2 aromatic rings. The Morgan fingerprint density at radius 3 is 2.76 bits per heavy atom. The lowest BCUT2D eigenvalue weighted by molar-refractivity contribution is 0.146. The van der Waals surface area contributed by atoms with E-state index in [4.69, 9.17) is 0 Å². The maximum absolute atomic E-state index is 13.4. The maximum Gasteiger partial charge on any atom is 0.164 e. The predicted octanol–water partition coefficient (Wildman–Crippen LogP) is 2.20. The Kier molecular flexibility index (Phi) is 3.19. The molecule has 17 heavy (non-hydrogen) atoms. The van der Waals surface area contributed by atoms with Crippen LogP contribution in [0.5, 0.6) is 0 Å². The minimum atomic E-state index is -1.12. The third kappa shape index (κ3) is 2.50. The molecule has 0 spiro atoms. The van der Waals surface area contributed by atoms with Crippen molar-refractivity contribution in [3.63, 3.8) is 0 Å². The minimum Gasteiger partial charge on any atom is -0.386 e. The van der Waals surface area contributed by atoms with Crippen LogP contribution in [-0.4, -0.2) is 14.9 Å². The summed E-state index contributed by atoms with van der Waals surface area (Å²) < 4.78 is 27.9. The molecule has 0 aliphatic rings. The van der Waals surface area contributed by atoms with Crippen LogP contribution in [0.4, 0.5) is 8.78 Å². The van der Waals surface area contributed by atoms with E-state index in [1.54, 1.807) is 12.3 Å². The predicted molar refractivity (Wildman–Crippen MR) is 58.3 cm³/mol. The second-order valence-corrected chi connectivity index (χ2v) is 3.84. The highest BCUT2D eigenvalue weighted by atomic mass is 19.2. The van der Waals surface area contributed by atoms with Gasteiger partial charge in [-0.15, -0.1) is 0 Å². The lowest BCUT2D eigenvalue weighted by Gasteiger charge is -2.12. The van der Waals surface area contributed by atoms with Gasteiger partial charge in [0.2, 0.25) is 0 Å². The Morgan fingerprint density at radius 1 is 1.35 bits per heavy atom. The molecule has 0 aliphatic carbocycles. The monoisotopic (exact) mass is 238 g/mol. The van der Waals surface area contributed by atoms with Gasteiger partial charge in [-0.25, -0.2) is 8.78 Å². The number of rotatable bonds is 3. The van der Waals surface area contributed by atoms with E-state index in [0.717, 1.165) is 11.8 Å². The van der Waals surface area contributed by atoms with Gasteiger partial charge >= 0.3 is 0 Å². The van der Waals surface area contributed by atoms with Crippen LogP contribution in [0.3, 0.4) is 0 Å². The first-order valence-corrected chi connectivity index (χ1v) is 5.20. The Bertz CT molecular complexity index is 525. The summed E-state index contributed by atoms with van der Waals surface area (Å²) in [6, 6.07) is 5.52. The van der Waals surface area contributed by atoms with Gasteiger partial charge in [0.25, 0.3) is 0 Å². The van der Waals surface area contributed by atoms with Crippen molar-refractivity contribution in [2.24, 2.45) is 0 Å². The fraction of sp³-hybridized carbons (Fsp3) is 0.250. The van der Waals surface area contributed by atoms with Gasteiger partial charge in [-0.2, -0.15) is 5.10 Å². The fourth-order valence-electron chi connectivity index (χ4n) is 1.62. The molecule has 0 radical (unpaired) electrons. The zero-order valence-electron chi connectivity index (χ0n) is 9.27. The van der Waals surface area contributed by atoms with Crippen molar-refractivity contribution in [1.82, 2.24) is 9.78 Å². The Balaban J connectivity index is 2.20. The SMILES string of the molecule is Cc1ccn(CC(O)c2cccc(F)c2F)n1. The summed E-state index contributed by atoms with van der Waals surface area (Å²) in [5.74, 6) is -1.97. The Morgan fingerprint density at radius 2 is 2.12 bits per heavy atom. The largest absolute Gasteiger partial charge is 0.386 e. The number of aliphatic hydroxyl groups is 1. The van der Waals surface area contributed by atoms with Gasteiger partial charge in [-0.3, -0.25) is 4.68 Å². The molecule has 1 atom stereocenters. The van der Waals surface area contributed by atoms with Crippen LogP contribution in [0.1, 0.15) is 17.4 Å². The lowest BCUT2D eigenvalue weighted by Crippen LogP contribution is -2.11. The Hall–Kier alpha value is -1.75. The molecule has 3 nitrogen and oxygen atoms in total. The van der Waals surface area contributed by atoms with Crippen LogP contribution in [-0.2, 0) is 6.54 Å². The number of aromatic nitrogens is 2. The van der Waals surface area contributed by atoms with E-state index in [9.17, 15) is 13.9 Å². The van der Waals surface area contributed by atoms with Crippen LogP contribution in [0.25, 0.3) is 0 Å². The molecule has 5 heteroatoms. The minimum absolute atomic E-state index is 0.0573. The quantitative estimate of drug-likeness (QED) is 0.890. The molecule has 0 amide bonds. The molecule has 0 fully saturated rings. The van der Waals surface area contributed by atoms with E-state index < -0.39 is 17.7 Å². The summed E-state index contributed by atoms with van der Waals surface area (Å²) in [5, 5.41) is 13.9. The van der Waals surface area contributed by atoms with Gasteiger partial charge in [0.15, 0.2) is 11.6 Å². The highest BCUT2D eigenvalue weighted by molar-refractivity contribution is 5.21. The number of hydrogen-bond acceptors (Lipinski definition) is 2. The average Bonchev–Trinajstić information content (AvgIpc) is 2.68. The standard InChI is InChI=1S/C12H12F2N2O/c1-8-5-6-16(15-8)7-11(17)9-3-2-4-10(13)12(9)14/h2-6,11,17H,7H2,1H3. The number of nitrogens with zero attached hydrogens (tertiary/aromatic N) is 2. The van der Waals surface area contributed by atoms with E-state index in [0.29, 0.717) is 0 Å². The summed E-state index contributed by atoms with van der Waals surface area (Å²) in [4.78, 5) is 0. The summed E-state index contributed by atoms with van der Waals surface area (Å²) in [6.07, 6.45) is 0.556. The van der Waals surface area contributed by atoms with Gasteiger partial charge in [0.05, 0.1) is 12.2 Å². The summed E-state index contributed by atoms with van der Waals surface area (Å²) in [7, 11) is 0. The van der Waals surface area contributed by atoms with Gasteiger partial charge in [0, 0.05) is 11.8 Å². The van der Waals surface area contributed by atoms with E-state index in [-0.39, 0.29) is 12.1 Å². The first-order valence-electron chi connectivity index (χ1n) is 5.20. The van der Waals surface area contributed by atoms with Crippen molar-refractivity contribution in [3.8, 4) is 0 Å². The van der Waals surface area contributed by atoms with Crippen LogP contribution in [0.2, 0.25) is 0 Å². The smallest absolute Gasteiger partial charge is 0.164 e. The van der Waals surface area contributed by atoms with Gasteiger partial charge < -0.3 is 5.11 Å². The topological polar surface area (TPSA) is 38.0 Å². The van der Waals surface area contributed by atoms with E-state index in [2.05, 4.69) is 5.10 Å². The molecular weight excluding hydrogens is 226 g/mol. The van der Waals surface area contributed by atoms with E-state index in [1.165, 1.54) is 16.8 Å². The normalized spacial score (nSPS) is 12.7. The first-order chi connectivity index (χ1) is 8.08. The molecule has 1 aromatic heterocycles. The van der Waals surface area contributed by atoms with Crippen LogP contribution in [0, 0.1) is 18.6 Å². The molecule has 1 heterocycles. The van der Waals surface area contributed by atoms with Crippen molar-refractivity contribution in [1.29, 1.82) is 0 Å². The molecule has 90 valence electrons. The highest BCUT2D eigenvalue weighted by Crippen LogP contribution is 2.20. The summed E-state index contributed by atoms with van der Waals surface area (Å²) in [5.41, 5.74) is 0.745. The lowest BCUT2D eigenvalue weighted by atomic mass is 10.1. The second kappa shape index (κ2) is 4.63. The van der Waals surface area contributed by atoms with Crippen molar-refractivity contribution in [2.45, 2.75) is 19.6 Å². The third-order valence-electron chi connectivity index (χ3n) is 2.47. The molecule has 2 rings (SSSR count). The van der Waals surface area contributed by atoms with Crippen LogP contribution >= 0.6 is 0 Å². The zero-order valence-corrected chi connectivity index (χ0v) is 9.27. The van der Waals surface area contributed by atoms with Gasteiger partial charge in [-0.05, 0) is 19.1 Å².